The number of rotatable bonds is 2. The molecule has 132 valence electrons. The second-order valence-electron chi connectivity index (χ2n) is 5.12. The van der Waals surface area contributed by atoms with Gasteiger partial charge in [-0.1, -0.05) is 0 Å². The van der Waals surface area contributed by atoms with Gasteiger partial charge in [0.05, 0.1) is 0 Å². The van der Waals surface area contributed by atoms with Crippen LogP contribution >= 0.6 is 24.8 Å². The summed E-state index contributed by atoms with van der Waals surface area (Å²) in [7, 11) is -1.47. The van der Waals surface area contributed by atoms with E-state index in [1.165, 1.54) is 24.2 Å². The van der Waals surface area contributed by atoms with E-state index in [9.17, 15) is 0 Å². The summed E-state index contributed by atoms with van der Waals surface area (Å²) in [6, 6.07) is 0. The fourth-order valence-electron chi connectivity index (χ4n) is 1.19. The van der Waals surface area contributed by atoms with Crippen molar-refractivity contribution < 1.29 is 33.8 Å². The third-order valence-corrected chi connectivity index (χ3v) is 2.74. The minimum absolute atomic E-state index is 0. The number of hydrogen-bond acceptors (Lipinski definition) is 2. The molecule has 0 radical (unpaired) electrons. The van der Waals surface area contributed by atoms with Gasteiger partial charge in [-0.3, -0.25) is 12.2 Å². The molecule has 0 amide bonds. The van der Waals surface area contributed by atoms with E-state index in [0.717, 1.165) is 12.8 Å². The van der Waals surface area contributed by atoms with Crippen molar-refractivity contribution in [3.8, 4) is 0 Å². The first-order valence-electron chi connectivity index (χ1n) is 7.08. The van der Waals surface area contributed by atoms with Crippen molar-refractivity contribution >= 4 is 36.8 Å². The van der Waals surface area contributed by atoms with Gasteiger partial charge in [0.2, 0.25) is 0 Å². The van der Waals surface area contributed by atoms with Crippen LogP contribution in [-0.2, 0) is 28.7 Å². The summed E-state index contributed by atoms with van der Waals surface area (Å²) in [5.41, 5.74) is 0. The predicted molar refractivity (Wildman–Crippen MR) is 105 cm³/mol. The Balaban J connectivity index is -0.000000107. The van der Waals surface area contributed by atoms with E-state index in [1.807, 2.05) is 50.9 Å². The van der Waals surface area contributed by atoms with Crippen molar-refractivity contribution in [2.24, 2.45) is 0 Å². The minimum atomic E-state index is -1.47. The van der Waals surface area contributed by atoms with Crippen molar-refractivity contribution in [2.45, 2.75) is 52.6 Å². The molecule has 6 heteroatoms. The standard InChI is InChI=1S/C5H14O2Si.2C5H5.C2H4.2ClH.Zr/c1-5(6)7-8(2,3)4;2*1-2-4-5-3-1;1-2;;;/h5-6H,1-4H3;2*1-3H,4H2;1H,2H3;2*1H;/q;2*-1;;;;+2. The Morgan fingerprint density at radius 1 is 1.09 bits per heavy atom. The van der Waals surface area contributed by atoms with Gasteiger partial charge in [-0.05, 0) is 26.6 Å². The normalized spacial score (nSPS) is 13.9. The van der Waals surface area contributed by atoms with Gasteiger partial charge in [0.25, 0.3) is 0 Å². The Morgan fingerprint density at radius 3 is 1.48 bits per heavy atom. The van der Waals surface area contributed by atoms with Crippen molar-refractivity contribution in [1.82, 2.24) is 0 Å². The van der Waals surface area contributed by atoms with Gasteiger partial charge in [0.1, 0.15) is 6.29 Å². The molecule has 0 aliphatic heterocycles. The maximum atomic E-state index is 8.70. The van der Waals surface area contributed by atoms with Crippen LogP contribution in [0.4, 0.5) is 0 Å². The first-order chi connectivity index (χ1) is 9.83. The number of halogens is 2. The molecule has 0 bridgehead atoms. The molecule has 2 aliphatic rings. The molecule has 1 atom stereocenters. The van der Waals surface area contributed by atoms with E-state index in [0.29, 0.717) is 0 Å². The quantitative estimate of drug-likeness (QED) is 0.361. The molecule has 0 fully saturated rings. The fraction of sp³-hybridized carbons (Fsp3) is 0.471. The molecule has 1 unspecified atom stereocenters. The Bertz CT molecular complexity index is 318. The summed E-state index contributed by atoms with van der Waals surface area (Å²) in [5.74, 6) is 0. The van der Waals surface area contributed by atoms with E-state index in [-0.39, 0.29) is 24.8 Å². The van der Waals surface area contributed by atoms with Gasteiger partial charge in [-0.15, -0.1) is 37.7 Å². The van der Waals surface area contributed by atoms with Crippen LogP contribution < -0.4 is 0 Å². The predicted octanol–water partition coefficient (Wildman–Crippen LogP) is 4.99. The zero-order valence-electron chi connectivity index (χ0n) is 14.7. The maximum absolute atomic E-state index is 8.70. The van der Waals surface area contributed by atoms with Gasteiger partial charge >= 0.3 is 34.9 Å². The van der Waals surface area contributed by atoms with Crippen molar-refractivity contribution in [3.63, 3.8) is 0 Å². The molecule has 0 spiro atoms. The molecule has 0 saturated heterocycles. The molecule has 1 N–H and O–H groups in total. The summed E-state index contributed by atoms with van der Waals surface area (Å²) in [6.07, 6.45) is 19.4. The van der Waals surface area contributed by atoms with Gasteiger partial charge in [0.15, 0.2) is 8.32 Å². The molecule has 2 nitrogen and oxygen atoms in total. The summed E-state index contributed by atoms with van der Waals surface area (Å²) < 4.78 is 7.22. The Morgan fingerprint density at radius 2 is 1.43 bits per heavy atom. The molecule has 0 heterocycles. The zero-order chi connectivity index (χ0) is 16.6. The third-order valence-electron chi connectivity index (χ3n) is 1.70. The molecular formula is C17H30Cl2O2SiZr. The molecule has 2 rings (SSSR count). The number of aliphatic hydroxyl groups excluding tert-OH is 1. The van der Waals surface area contributed by atoms with Crippen LogP contribution in [0.15, 0.2) is 36.5 Å². The van der Waals surface area contributed by atoms with Crippen LogP contribution in [0.2, 0.25) is 19.6 Å². The molecule has 0 aromatic rings. The van der Waals surface area contributed by atoms with Crippen LogP contribution in [-0.4, -0.2) is 23.4 Å². The van der Waals surface area contributed by atoms with Gasteiger partial charge in [-0.2, -0.15) is 12.2 Å². The smallest absolute Gasteiger partial charge is 0.109 e. The first kappa shape index (κ1) is 31.2. The molecule has 2 aliphatic carbocycles. The van der Waals surface area contributed by atoms with Gasteiger partial charge < -0.3 is 9.53 Å². The van der Waals surface area contributed by atoms with Gasteiger partial charge in [0, 0.05) is 0 Å². The van der Waals surface area contributed by atoms with Crippen molar-refractivity contribution in [1.29, 1.82) is 0 Å². The minimum Gasteiger partial charge on any atom is -0.273 e. The molecule has 0 aromatic carbocycles. The number of aliphatic hydroxyl groups is 1. The fourth-order valence-corrected chi connectivity index (χ4v) is 2.22. The maximum Gasteiger partial charge on any atom is -0.109 e. The van der Waals surface area contributed by atoms with E-state index in [2.05, 4.69) is 28.0 Å². The van der Waals surface area contributed by atoms with Crippen molar-refractivity contribution in [2.75, 3.05) is 0 Å². The topological polar surface area (TPSA) is 29.5 Å². The SMILES string of the molecule is CC(O)O[Si](C)(C)C.C[CH]=[Zr+2].Cl.Cl.[C-]1=CC=CC1.[C-]1=CC=CC1. The van der Waals surface area contributed by atoms with Crippen LogP contribution in [0.25, 0.3) is 0 Å². The average Bonchev–Trinajstić information content (AvgIpc) is 3.07. The summed E-state index contributed by atoms with van der Waals surface area (Å²) >= 11 is 1.51. The Hall–Kier alpha value is 0.430. The second-order valence-corrected chi connectivity index (χ2v) is 11.0. The van der Waals surface area contributed by atoms with Gasteiger partial charge in [-0.25, -0.2) is 24.3 Å². The van der Waals surface area contributed by atoms with Crippen molar-refractivity contribution in [3.05, 3.63) is 48.6 Å². The van der Waals surface area contributed by atoms with Crippen LogP contribution in [0.3, 0.4) is 0 Å². The largest absolute Gasteiger partial charge is 0.273 e. The van der Waals surface area contributed by atoms with E-state index in [4.69, 9.17) is 9.53 Å². The third kappa shape index (κ3) is 39.3. The van der Waals surface area contributed by atoms with E-state index < -0.39 is 14.6 Å². The van der Waals surface area contributed by atoms with E-state index >= 15 is 0 Å². The zero-order valence-corrected chi connectivity index (χ0v) is 19.8. The molecule has 0 saturated carbocycles. The van der Waals surface area contributed by atoms with E-state index in [1.54, 1.807) is 6.92 Å². The molecule has 0 aromatic heterocycles. The second kappa shape index (κ2) is 22.4. The number of allylic oxidation sites excluding steroid dienone is 8. The van der Waals surface area contributed by atoms with Crippen LogP contribution in [0.1, 0.15) is 26.7 Å². The number of hydrogen-bond donors (Lipinski definition) is 1. The summed E-state index contributed by atoms with van der Waals surface area (Å²) in [4.78, 5) is 0. The Kier molecular flexibility index (Phi) is 30.4. The average molecular weight is 457 g/mol. The summed E-state index contributed by atoms with van der Waals surface area (Å²) in [6.45, 7) is 9.80. The summed E-state index contributed by atoms with van der Waals surface area (Å²) in [5, 5.41) is 8.70. The molecule has 23 heavy (non-hydrogen) atoms. The van der Waals surface area contributed by atoms with Crippen LogP contribution in [0, 0.1) is 12.2 Å². The van der Waals surface area contributed by atoms with Crippen LogP contribution in [0.5, 0.6) is 0 Å². The molecular weight excluding hydrogens is 426 g/mol. The Labute approximate surface area is 171 Å². The monoisotopic (exact) mass is 454 g/mol. The first-order valence-corrected chi connectivity index (χ1v) is 11.9.